The molecule has 3 aromatic carbocycles. The second-order valence-corrected chi connectivity index (χ2v) is 8.02. The molecule has 1 aromatic heterocycles. The summed E-state index contributed by atoms with van der Waals surface area (Å²) in [5.41, 5.74) is 2.18. The Balaban J connectivity index is 1.73. The normalized spacial score (nSPS) is 10.7. The zero-order valence-corrected chi connectivity index (χ0v) is 19.8. The molecule has 0 fully saturated rings. The molecule has 7 nitrogen and oxygen atoms in total. The second-order valence-electron chi connectivity index (χ2n) is 8.02. The molecule has 0 saturated carbocycles. The molecule has 0 saturated heterocycles. The van der Waals surface area contributed by atoms with Crippen molar-refractivity contribution in [3.63, 3.8) is 0 Å². The fourth-order valence-corrected chi connectivity index (χ4v) is 3.97. The summed E-state index contributed by atoms with van der Waals surface area (Å²) >= 11 is 0. The van der Waals surface area contributed by atoms with Crippen LogP contribution in [0.4, 0.5) is 5.69 Å². The van der Waals surface area contributed by atoms with Crippen LogP contribution in [0.3, 0.4) is 0 Å². The number of anilines is 1. The van der Waals surface area contributed by atoms with Crippen LogP contribution in [0.15, 0.2) is 77.7 Å². The predicted octanol–water partition coefficient (Wildman–Crippen LogP) is 4.45. The maximum Gasteiger partial charge on any atom is 0.244 e. The van der Waals surface area contributed by atoms with Gasteiger partial charge in [-0.3, -0.25) is 14.4 Å². The molecule has 0 aliphatic heterocycles. The van der Waals surface area contributed by atoms with Gasteiger partial charge in [-0.25, -0.2) is 0 Å². The lowest BCUT2D eigenvalue weighted by atomic mass is 10.0. The largest absolute Gasteiger partial charge is 0.493 e. The van der Waals surface area contributed by atoms with Crippen molar-refractivity contribution in [3.05, 3.63) is 99.8 Å². The van der Waals surface area contributed by atoms with Crippen LogP contribution in [0, 0.1) is 0 Å². The number of hydrogen-bond donors (Lipinski definition) is 1. The Morgan fingerprint density at radius 3 is 2.34 bits per heavy atom. The van der Waals surface area contributed by atoms with Crippen molar-refractivity contribution in [2.24, 2.45) is 0 Å². The number of hydrogen-bond acceptors (Lipinski definition) is 5. The minimum absolute atomic E-state index is 0.0240. The van der Waals surface area contributed by atoms with E-state index < -0.39 is 0 Å². The molecular weight excluding hydrogens is 444 g/mol. The van der Waals surface area contributed by atoms with Crippen molar-refractivity contribution >= 4 is 28.3 Å². The Kier molecular flexibility index (Phi) is 6.96. The summed E-state index contributed by atoms with van der Waals surface area (Å²) in [6.45, 7) is 1.90. The van der Waals surface area contributed by atoms with Crippen LogP contribution in [0.5, 0.6) is 11.5 Å². The Morgan fingerprint density at radius 2 is 1.66 bits per heavy atom. The maximum atomic E-state index is 13.3. The minimum Gasteiger partial charge on any atom is -0.493 e. The number of nitrogens with zero attached hydrogens (tertiary/aromatic N) is 1. The van der Waals surface area contributed by atoms with E-state index in [4.69, 9.17) is 9.47 Å². The highest BCUT2D eigenvalue weighted by atomic mass is 16.5. The van der Waals surface area contributed by atoms with E-state index in [1.807, 2.05) is 25.1 Å². The van der Waals surface area contributed by atoms with Gasteiger partial charge in [-0.05, 0) is 36.2 Å². The molecule has 7 heteroatoms. The summed E-state index contributed by atoms with van der Waals surface area (Å²) < 4.78 is 12.2. The third-order valence-corrected chi connectivity index (χ3v) is 5.81. The lowest BCUT2D eigenvalue weighted by Crippen LogP contribution is -2.24. The van der Waals surface area contributed by atoms with Crippen molar-refractivity contribution in [1.29, 1.82) is 0 Å². The number of carbonyl (C=O) groups is 2. The summed E-state index contributed by atoms with van der Waals surface area (Å²) in [5, 5.41) is 3.25. The second kappa shape index (κ2) is 10.3. The fourth-order valence-electron chi connectivity index (χ4n) is 3.97. The van der Waals surface area contributed by atoms with Gasteiger partial charge in [0.2, 0.25) is 11.3 Å². The van der Waals surface area contributed by atoms with Crippen molar-refractivity contribution in [1.82, 2.24) is 4.57 Å². The minimum atomic E-state index is -0.381. The molecule has 4 rings (SSSR count). The molecule has 1 amide bonds. The molecule has 0 unspecified atom stereocenters. The van der Waals surface area contributed by atoms with Crippen LogP contribution in [0.2, 0.25) is 0 Å². The molecule has 0 aliphatic carbocycles. The standard InChI is InChI=1S/C28H26N2O5/c1-4-18-10-12-23-21(14-18)28(33)22(27(32)19-8-6-5-7-9-19)16-30(23)17-26(31)29-20-11-13-24(34-2)25(15-20)35-3/h5-16H,4,17H2,1-3H3,(H,29,31). The van der Waals surface area contributed by atoms with Crippen LogP contribution in [-0.4, -0.2) is 30.5 Å². The number of nitrogens with one attached hydrogen (secondary N) is 1. The first-order valence-corrected chi connectivity index (χ1v) is 11.2. The van der Waals surface area contributed by atoms with E-state index in [0.717, 1.165) is 12.0 Å². The molecule has 0 bridgehead atoms. The van der Waals surface area contributed by atoms with Crippen molar-refractivity contribution in [2.45, 2.75) is 19.9 Å². The fraction of sp³-hybridized carbons (Fsp3) is 0.179. The summed E-state index contributed by atoms with van der Waals surface area (Å²) in [5.74, 6) is 0.336. The van der Waals surface area contributed by atoms with Gasteiger partial charge in [-0.15, -0.1) is 0 Å². The van der Waals surface area contributed by atoms with Gasteiger partial charge in [-0.2, -0.15) is 0 Å². The Bertz CT molecular complexity index is 1460. The first-order chi connectivity index (χ1) is 16.9. The predicted molar refractivity (Wildman–Crippen MR) is 136 cm³/mol. The number of benzene rings is 3. The average molecular weight is 471 g/mol. The first kappa shape index (κ1) is 23.8. The molecule has 4 aromatic rings. The zero-order chi connectivity index (χ0) is 24.9. The van der Waals surface area contributed by atoms with Crippen molar-refractivity contribution < 1.29 is 19.1 Å². The number of pyridine rings is 1. The highest BCUT2D eigenvalue weighted by molar-refractivity contribution is 6.10. The Morgan fingerprint density at radius 1 is 0.914 bits per heavy atom. The van der Waals surface area contributed by atoms with Gasteiger partial charge in [0.05, 0.1) is 25.3 Å². The number of ether oxygens (including phenoxy) is 2. The van der Waals surface area contributed by atoms with Gasteiger partial charge in [-0.1, -0.05) is 43.3 Å². The maximum absolute atomic E-state index is 13.3. The molecular formula is C28H26N2O5. The summed E-state index contributed by atoms with van der Waals surface area (Å²) in [7, 11) is 3.06. The van der Waals surface area contributed by atoms with Crippen LogP contribution in [0.25, 0.3) is 10.9 Å². The summed E-state index contributed by atoms with van der Waals surface area (Å²) in [6.07, 6.45) is 2.21. The lowest BCUT2D eigenvalue weighted by molar-refractivity contribution is -0.116. The van der Waals surface area contributed by atoms with E-state index in [1.54, 1.807) is 53.1 Å². The van der Waals surface area contributed by atoms with Crippen LogP contribution >= 0.6 is 0 Å². The van der Waals surface area contributed by atoms with Crippen LogP contribution < -0.4 is 20.2 Å². The molecule has 0 aliphatic rings. The molecule has 0 radical (unpaired) electrons. The average Bonchev–Trinajstić information content (AvgIpc) is 2.89. The number of fused-ring (bicyclic) bond motifs is 1. The van der Waals surface area contributed by atoms with Gasteiger partial charge < -0.3 is 19.4 Å². The number of aryl methyl sites for hydroxylation is 1. The van der Waals surface area contributed by atoms with E-state index in [0.29, 0.717) is 33.7 Å². The SMILES string of the molecule is CCc1ccc2c(c1)c(=O)c(C(=O)c1ccccc1)cn2CC(=O)Nc1ccc(OC)c(OC)c1. The third kappa shape index (κ3) is 4.94. The Hall–Kier alpha value is -4.39. The molecule has 0 spiro atoms. The number of amides is 1. The van der Waals surface area contributed by atoms with Gasteiger partial charge in [0.1, 0.15) is 6.54 Å². The summed E-state index contributed by atoms with van der Waals surface area (Å²) in [4.78, 5) is 39.5. The quantitative estimate of drug-likeness (QED) is 0.385. The van der Waals surface area contributed by atoms with Crippen LogP contribution in [-0.2, 0) is 17.8 Å². The Labute approximate surface area is 202 Å². The number of carbonyl (C=O) groups excluding carboxylic acids is 2. The number of ketones is 1. The van der Waals surface area contributed by atoms with E-state index in [2.05, 4.69) is 5.32 Å². The number of methoxy groups -OCH3 is 2. The molecule has 0 atom stereocenters. The highest BCUT2D eigenvalue weighted by Gasteiger charge is 2.18. The topological polar surface area (TPSA) is 86.6 Å². The summed E-state index contributed by atoms with van der Waals surface area (Å²) in [6, 6.07) is 19.2. The molecule has 178 valence electrons. The highest BCUT2D eigenvalue weighted by Crippen LogP contribution is 2.29. The van der Waals surface area contributed by atoms with Gasteiger partial charge in [0, 0.05) is 28.9 Å². The molecule has 35 heavy (non-hydrogen) atoms. The van der Waals surface area contributed by atoms with Gasteiger partial charge >= 0.3 is 0 Å². The zero-order valence-electron chi connectivity index (χ0n) is 19.8. The monoisotopic (exact) mass is 470 g/mol. The number of rotatable bonds is 8. The van der Waals surface area contributed by atoms with Crippen molar-refractivity contribution in [3.8, 4) is 11.5 Å². The first-order valence-electron chi connectivity index (χ1n) is 11.2. The number of aromatic nitrogens is 1. The van der Waals surface area contributed by atoms with Gasteiger partial charge in [0.15, 0.2) is 17.3 Å². The van der Waals surface area contributed by atoms with Gasteiger partial charge in [0.25, 0.3) is 0 Å². The molecule has 1 N–H and O–H groups in total. The van der Waals surface area contributed by atoms with Crippen LogP contribution in [0.1, 0.15) is 28.4 Å². The van der Waals surface area contributed by atoms with E-state index in [-0.39, 0.29) is 29.2 Å². The third-order valence-electron chi connectivity index (χ3n) is 5.81. The molecule has 1 heterocycles. The van der Waals surface area contributed by atoms with E-state index in [1.165, 1.54) is 20.4 Å². The lowest BCUT2D eigenvalue weighted by Gasteiger charge is -2.15. The van der Waals surface area contributed by atoms with E-state index >= 15 is 0 Å². The van der Waals surface area contributed by atoms with Crippen molar-refractivity contribution in [2.75, 3.05) is 19.5 Å². The van der Waals surface area contributed by atoms with E-state index in [9.17, 15) is 14.4 Å². The smallest absolute Gasteiger partial charge is 0.244 e.